The second kappa shape index (κ2) is 9.81. The van der Waals surface area contributed by atoms with Gasteiger partial charge in [-0.1, -0.05) is 12.1 Å². The van der Waals surface area contributed by atoms with E-state index in [-0.39, 0.29) is 23.7 Å². The molecule has 1 heterocycles. The Kier molecular flexibility index (Phi) is 6.93. The lowest BCUT2D eigenvalue weighted by Gasteiger charge is -2.12. The largest absolute Gasteiger partial charge is 0.351 e. The van der Waals surface area contributed by atoms with Crippen molar-refractivity contribution in [2.45, 2.75) is 0 Å². The Hall–Kier alpha value is -3.79. The zero-order valence-electron chi connectivity index (χ0n) is 16.0. The normalized spacial score (nSPS) is 15.1. The van der Waals surface area contributed by atoms with Crippen LogP contribution in [0, 0.1) is 15.9 Å². The molecule has 1 aliphatic heterocycles. The molecule has 1 fully saturated rings. The lowest BCUT2D eigenvalue weighted by molar-refractivity contribution is -0.384. The van der Waals surface area contributed by atoms with E-state index in [0.29, 0.717) is 11.1 Å². The number of nitrogens with zero attached hydrogens (tertiary/aromatic N) is 2. The molecule has 158 valence electrons. The van der Waals surface area contributed by atoms with E-state index >= 15 is 0 Å². The molecule has 0 radical (unpaired) electrons. The highest BCUT2D eigenvalue weighted by atomic mass is 32.2. The monoisotopic (exact) mass is 441 g/mol. The van der Waals surface area contributed by atoms with Crippen molar-refractivity contribution in [3.63, 3.8) is 0 Å². The quantitative estimate of drug-likeness (QED) is 0.399. The second-order valence-corrected chi connectivity index (χ2v) is 7.35. The standard InChI is InChI=1S/C21H16FN3O5S/c22-16-6-1-15(2-7-16)13-18-20(27)24(21(28)31-18)12-11-23-19(26)10-5-14-3-8-17(9-4-14)25(29)30/h1-10,13H,11-12H2,(H,23,26). The molecule has 0 atom stereocenters. The maximum Gasteiger partial charge on any atom is 0.293 e. The summed E-state index contributed by atoms with van der Waals surface area (Å²) in [5.74, 6) is -1.31. The summed E-state index contributed by atoms with van der Waals surface area (Å²) in [7, 11) is 0. The summed E-state index contributed by atoms with van der Waals surface area (Å²) in [5.41, 5.74) is 1.15. The highest BCUT2D eigenvalue weighted by Crippen LogP contribution is 2.31. The topological polar surface area (TPSA) is 110 Å². The molecule has 0 bridgehead atoms. The Morgan fingerprint density at radius 3 is 2.39 bits per heavy atom. The number of benzene rings is 2. The zero-order valence-corrected chi connectivity index (χ0v) is 16.8. The lowest BCUT2D eigenvalue weighted by Crippen LogP contribution is -2.36. The third kappa shape index (κ3) is 5.86. The molecule has 0 aliphatic carbocycles. The number of rotatable bonds is 7. The van der Waals surface area contributed by atoms with Gasteiger partial charge in [0.15, 0.2) is 0 Å². The van der Waals surface area contributed by atoms with Crippen molar-refractivity contribution >= 4 is 46.7 Å². The van der Waals surface area contributed by atoms with Gasteiger partial charge in [0.1, 0.15) is 5.82 Å². The summed E-state index contributed by atoms with van der Waals surface area (Å²) in [6, 6.07) is 11.2. The van der Waals surface area contributed by atoms with E-state index < -0.39 is 27.8 Å². The fourth-order valence-corrected chi connectivity index (χ4v) is 3.50. The molecular weight excluding hydrogens is 425 g/mol. The van der Waals surface area contributed by atoms with Gasteiger partial charge >= 0.3 is 0 Å². The fraction of sp³-hybridized carbons (Fsp3) is 0.0952. The number of amides is 3. The smallest absolute Gasteiger partial charge is 0.293 e. The average Bonchev–Trinajstić information content (AvgIpc) is 3.01. The second-order valence-electron chi connectivity index (χ2n) is 6.36. The number of imide groups is 1. The molecule has 31 heavy (non-hydrogen) atoms. The average molecular weight is 441 g/mol. The van der Waals surface area contributed by atoms with Crippen LogP contribution < -0.4 is 5.32 Å². The number of nitrogens with one attached hydrogen (secondary N) is 1. The number of carbonyl (C=O) groups is 3. The minimum atomic E-state index is -0.514. The summed E-state index contributed by atoms with van der Waals surface area (Å²) < 4.78 is 13.0. The Morgan fingerprint density at radius 1 is 1.10 bits per heavy atom. The van der Waals surface area contributed by atoms with Crippen LogP contribution in [0.4, 0.5) is 14.9 Å². The number of carbonyl (C=O) groups excluding carboxylic acids is 3. The predicted molar refractivity (Wildman–Crippen MR) is 114 cm³/mol. The number of hydrogen-bond donors (Lipinski definition) is 1. The molecule has 0 saturated carbocycles. The molecule has 0 unspecified atom stereocenters. The van der Waals surface area contributed by atoms with Gasteiger partial charge in [-0.3, -0.25) is 29.4 Å². The molecule has 0 aromatic heterocycles. The van der Waals surface area contributed by atoms with E-state index in [2.05, 4.69) is 5.32 Å². The van der Waals surface area contributed by atoms with Crippen LogP contribution in [0.2, 0.25) is 0 Å². The summed E-state index contributed by atoms with van der Waals surface area (Å²) >= 11 is 0.780. The van der Waals surface area contributed by atoms with Crippen molar-refractivity contribution in [1.29, 1.82) is 0 Å². The van der Waals surface area contributed by atoms with Gasteiger partial charge in [-0.05, 0) is 59.3 Å². The fourth-order valence-electron chi connectivity index (χ4n) is 2.63. The van der Waals surface area contributed by atoms with Crippen LogP contribution in [0.25, 0.3) is 12.2 Å². The Morgan fingerprint density at radius 2 is 1.74 bits per heavy atom. The first-order valence-electron chi connectivity index (χ1n) is 9.05. The Bertz CT molecular complexity index is 1080. The van der Waals surface area contributed by atoms with Gasteiger partial charge in [0, 0.05) is 31.3 Å². The van der Waals surface area contributed by atoms with Crippen LogP contribution >= 0.6 is 11.8 Å². The number of nitro benzene ring substituents is 1. The number of non-ortho nitro benzene ring substituents is 1. The van der Waals surface area contributed by atoms with Gasteiger partial charge in [-0.2, -0.15) is 0 Å². The molecule has 1 N–H and O–H groups in total. The van der Waals surface area contributed by atoms with Crippen molar-refractivity contribution in [1.82, 2.24) is 10.2 Å². The van der Waals surface area contributed by atoms with E-state index in [4.69, 9.17) is 0 Å². The highest BCUT2D eigenvalue weighted by Gasteiger charge is 2.34. The number of thioether (sulfide) groups is 1. The minimum absolute atomic E-state index is 0.00252. The van der Waals surface area contributed by atoms with Gasteiger partial charge in [0.2, 0.25) is 5.91 Å². The molecule has 2 aromatic rings. The number of halogens is 1. The first-order chi connectivity index (χ1) is 14.8. The zero-order chi connectivity index (χ0) is 22.4. The number of hydrogen-bond acceptors (Lipinski definition) is 6. The highest BCUT2D eigenvalue weighted by molar-refractivity contribution is 8.18. The van der Waals surface area contributed by atoms with E-state index in [9.17, 15) is 28.9 Å². The molecule has 3 amide bonds. The first kappa shape index (κ1) is 21.9. The molecule has 1 aliphatic rings. The summed E-state index contributed by atoms with van der Waals surface area (Å²) in [5, 5.41) is 12.7. The molecule has 0 spiro atoms. The van der Waals surface area contributed by atoms with E-state index in [1.165, 1.54) is 66.8 Å². The summed E-state index contributed by atoms with van der Waals surface area (Å²) in [6.07, 6.45) is 4.25. The van der Waals surface area contributed by atoms with Gasteiger partial charge < -0.3 is 5.32 Å². The maximum atomic E-state index is 13.0. The third-order valence-corrected chi connectivity index (χ3v) is 5.11. The van der Waals surface area contributed by atoms with Crippen molar-refractivity contribution in [2.75, 3.05) is 13.1 Å². The maximum absolute atomic E-state index is 13.0. The van der Waals surface area contributed by atoms with Gasteiger partial charge in [0.05, 0.1) is 9.83 Å². The first-order valence-corrected chi connectivity index (χ1v) is 9.86. The lowest BCUT2D eigenvalue weighted by atomic mass is 10.2. The van der Waals surface area contributed by atoms with Crippen LogP contribution in [-0.2, 0) is 9.59 Å². The van der Waals surface area contributed by atoms with Crippen LogP contribution in [-0.4, -0.2) is 40.0 Å². The summed E-state index contributed by atoms with van der Waals surface area (Å²) in [4.78, 5) is 47.8. The van der Waals surface area contributed by atoms with Crippen LogP contribution in [0.15, 0.2) is 59.5 Å². The Labute approximate surface area is 180 Å². The molecule has 2 aromatic carbocycles. The predicted octanol–water partition coefficient (Wildman–Crippen LogP) is 3.60. The molecule has 8 nitrogen and oxygen atoms in total. The SMILES string of the molecule is O=C(C=Cc1ccc([N+](=O)[O-])cc1)NCCN1C(=O)SC(=Cc2ccc(F)cc2)C1=O. The van der Waals surface area contributed by atoms with Crippen molar-refractivity contribution in [3.8, 4) is 0 Å². The van der Waals surface area contributed by atoms with Crippen LogP contribution in [0.1, 0.15) is 11.1 Å². The van der Waals surface area contributed by atoms with Crippen LogP contribution in [0.3, 0.4) is 0 Å². The summed E-state index contributed by atoms with van der Waals surface area (Å²) in [6.45, 7) is 0.0633. The molecular formula is C21H16FN3O5S. The van der Waals surface area contributed by atoms with E-state index in [0.717, 1.165) is 16.7 Å². The van der Waals surface area contributed by atoms with Gasteiger partial charge in [0.25, 0.3) is 16.8 Å². The van der Waals surface area contributed by atoms with E-state index in [1.54, 1.807) is 0 Å². The van der Waals surface area contributed by atoms with Crippen LogP contribution in [0.5, 0.6) is 0 Å². The molecule has 10 heteroatoms. The van der Waals surface area contributed by atoms with Gasteiger partial charge in [-0.25, -0.2) is 4.39 Å². The van der Waals surface area contributed by atoms with E-state index in [1.807, 2.05) is 0 Å². The third-order valence-electron chi connectivity index (χ3n) is 4.21. The number of nitro groups is 1. The van der Waals surface area contributed by atoms with Gasteiger partial charge in [-0.15, -0.1) is 0 Å². The van der Waals surface area contributed by atoms with Crippen molar-refractivity contribution in [3.05, 3.63) is 86.6 Å². The van der Waals surface area contributed by atoms with Crippen molar-refractivity contribution in [2.24, 2.45) is 0 Å². The molecule has 3 rings (SSSR count). The van der Waals surface area contributed by atoms with Crippen molar-refractivity contribution < 1.29 is 23.7 Å². The minimum Gasteiger partial charge on any atom is -0.351 e. The molecule has 1 saturated heterocycles. The Balaban J connectivity index is 1.51.